The van der Waals surface area contributed by atoms with Gasteiger partial charge in [0.05, 0.1) is 21.7 Å². The molecule has 3 aromatic carbocycles. The molecule has 3 aromatic rings. The molecule has 34 heavy (non-hydrogen) atoms. The SMILES string of the molecule is O=C1C2=C(NC(=S)C3(C2c2cccc(-c4ccc(C(F)(F)F)cc4)c2)C2NC23)c2ccccc21. The van der Waals surface area contributed by atoms with Crippen LogP contribution in [-0.4, -0.2) is 22.9 Å². The van der Waals surface area contributed by atoms with Gasteiger partial charge in [0.25, 0.3) is 0 Å². The quantitative estimate of drug-likeness (QED) is 0.389. The van der Waals surface area contributed by atoms with Crippen molar-refractivity contribution >= 4 is 28.7 Å². The Morgan fingerprint density at radius 1 is 0.853 bits per heavy atom. The number of hydrogen-bond acceptors (Lipinski definition) is 3. The first kappa shape index (κ1) is 20.1. The van der Waals surface area contributed by atoms with Gasteiger partial charge in [0.1, 0.15) is 0 Å². The molecule has 0 amide bonds. The number of Topliss-reactive ketones (excluding diaryl/α,β-unsaturated/α-hetero) is 1. The van der Waals surface area contributed by atoms with E-state index in [2.05, 4.69) is 10.6 Å². The van der Waals surface area contributed by atoms with E-state index in [1.807, 2.05) is 48.5 Å². The molecule has 2 fully saturated rings. The van der Waals surface area contributed by atoms with E-state index in [1.54, 1.807) is 0 Å². The second-order valence-electron chi connectivity index (χ2n) is 9.31. The van der Waals surface area contributed by atoms with E-state index in [-0.39, 0.29) is 29.2 Å². The molecule has 4 aliphatic rings. The van der Waals surface area contributed by atoms with Crippen LogP contribution in [0.25, 0.3) is 16.8 Å². The summed E-state index contributed by atoms with van der Waals surface area (Å²) in [6, 6.07) is 20.9. The summed E-state index contributed by atoms with van der Waals surface area (Å²) in [7, 11) is 0. The van der Waals surface area contributed by atoms with Crippen LogP contribution in [0.4, 0.5) is 13.2 Å². The van der Waals surface area contributed by atoms with Gasteiger partial charge in [-0.05, 0) is 28.8 Å². The van der Waals surface area contributed by atoms with Gasteiger partial charge in [0.2, 0.25) is 0 Å². The maximum Gasteiger partial charge on any atom is 0.416 e. The fraction of sp³-hybridized carbons (Fsp3) is 0.185. The summed E-state index contributed by atoms with van der Waals surface area (Å²) < 4.78 is 39.0. The molecule has 3 unspecified atom stereocenters. The first-order valence-electron chi connectivity index (χ1n) is 11.0. The topological polar surface area (TPSA) is 51.0 Å². The second kappa shape index (κ2) is 6.43. The standard InChI is InChI=1S/C27H17F3N2OS/c28-27(29,30)16-10-8-13(9-11-16)14-4-3-5-15(12-14)20-19-21(17-6-1-2-7-18(17)22(19)33)31-25(34)26(20)23-24(26)32-23/h1-12,20,23-24,32H,(H,31,34). The predicted octanol–water partition coefficient (Wildman–Crippen LogP) is 5.33. The van der Waals surface area contributed by atoms with Crippen molar-refractivity contribution in [3.63, 3.8) is 0 Å². The summed E-state index contributed by atoms with van der Waals surface area (Å²) in [4.78, 5) is 14.3. The molecule has 1 spiro atoms. The fourth-order valence-electron chi connectivity index (χ4n) is 5.86. The van der Waals surface area contributed by atoms with Crippen LogP contribution in [0.2, 0.25) is 0 Å². The Labute approximate surface area is 198 Å². The van der Waals surface area contributed by atoms with Gasteiger partial charge in [-0.3, -0.25) is 4.79 Å². The van der Waals surface area contributed by atoms with E-state index >= 15 is 0 Å². The number of hydrogen-bond donors (Lipinski definition) is 2. The molecule has 0 aromatic heterocycles. The Hall–Kier alpha value is -3.29. The molecule has 2 aliphatic carbocycles. The number of carbonyl (C=O) groups excluding carboxylic acids is 1. The van der Waals surface area contributed by atoms with Crippen LogP contribution in [-0.2, 0) is 6.18 Å². The van der Waals surface area contributed by atoms with Crippen LogP contribution in [0.3, 0.4) is 0 Å². The summed E-state index contributed by atoms with van der Waals surface area (Å²) in [5, 5.41) is 6.79. The maximum absolute atomic E-state index is 13.6. The highest BCUT2D eigenvalue weighted by atomic mass is 32.1. The average molecular weight is 475 g/mol. The van der Waals surface area contributed by atoms with Crippen LogP contribution in [0.15, 0.2) is 78.4 Å². The van der Waals surface area contributed by atoms with Crippen molar-refractivity contribution < 1.29 is 18.0 Å². The third-order valence-corrected chi connectivity index (χ3v) is 8.08. The lowest BCUT2D eigenvalue weighted by atomic mass is 9.71. The van der Waals surface area contributed by atoms with Crippen LogP contribution >= 0.6 is 12.2 Å². The van der Waals surface area contributed by atoms with Gasteiger partial charge >= 0.3 is 6.18 Å². The lowest BCUT2D eigenvalue weighted by Crippen LogP contribution is -2.48. The third kappa shape index (κ3) is 2.51. The minimum Gasteiger partial charge on any atom is -0.349 e. The van der Waals surface area contributed by atoms with Crippen molar-refractivity contribution in [1.82, 2.24) is 10.6 Å². The largest absolute Gasteiger partial charge is 0.416 e. The number of carbonyl (C=O) groups is 1. The molecular weight excluding hydrogens is 457 g/mol. The Bertz CT molecular complexity index is 1450. The fourth-order valence-corrected chi connectivity index (χ4v) is 6.34. The number of rotatable bonds is 2. The Morgan fingerprint density at radius 3 is 2.21 bits per heavy atom. The molecule has 0 radical (unpaired) electrons. The maximum atomic E-state index is 13.6. The zero-order valence-corrected chi connectivity index (χ0v) is 18.4. The minimum atomic E-state index is -4.38. The summed E-state index contributed by atoms with van der Waals surface area (Å²) >= 11 is 5.85. The van der Waals surface area contributed by atoms with Crippen molar-refractivity contribution in [2.45, 2.75) is 24.2 Å². The summed E-state index contributed by atoms with van der Waals surface area (Å²) in [6.07, 6.45) is -4.38. The van der Waals surface area contributed by atoms with Crippen molar-refractivity contribution in [1.29, 1.82) is 0 Å². The number of halogens is 3. The lowest BCUT2D eigenvalue weighted by Gasteiger charge is -2.39. The Morgan fingerprint density at radius 2 is 1.56 bits per heavy atom. The van der Waals surface area contributed by atoms with Crippen molar-refractivity contribution in [2.75, 3.05) is 0 Å². The van der Waals surface area contributed by atoms with E-state index in [0.29, 0.717) is 11.1 Å². The van der Waals surface area contributed by atoms with E-state index in [1.165, 1.54) is 12.1 Å². The molecule has 168 valence electrons. The molecule has 2 N–H and O–H groups in total. The van der Waals surface area contributed by atoms with Gasteiger partial charge < -0.3 is 10.6 Å². The molecule has 1 saturated carbocycles. The predicted molar refractivity (Wildman–Crippen MR) is 126 cm³/mol. The van der Waals surface area contributed by atoms with Gasteiger partial charge in [0.15, 0.2) is 5.78 Å². The number of benzene rings is 3. The summed E-state index contributed by atoms with van der Waals surface area (Å²) in [6.45, 7) is 0. The van der Waals surface area contributed by atoms with Gasteiger partial charge in [-0.25, -0.2) is 0 Å². The third-order valence-electron chi connectivity index (χ3n) is 7.62. The minimum absolute atomic E-state index is 0.0104. The molecule has 3 nitrogen and oxygen atoms in total. The monoisotopic (exact) mass is 474 g/mol. The normalized spacial score (nSPS) is 28.4. The molecule has 7 heteroatoms. The number of ketones is 1. The number of allylic oxidation sites excluding steroid dienone is 1. The van der Waals surface area contributed by atoms with Gasteiger partial charge in [-0.2, -0.15) is 13.2 Å². The highest BCUT2D eigenvalue weighted by Crippen LogP contribution is 2.70. The highest BCUT2D eigenvalue weighted by molar-refractivity contribution is 7.80. The van der Waals surface area contributed by atoms with Gasteiger partial charge in [0, 0.05) is 34.7 Å². The van der Waals surface area contributed by atoms with Gasteiger partial charge in [-0.15, -0.1) is 0 Å². The average Bonchev–Trinajstić information content (AvgIpc) is 3.73. The van der Waals surface area contributed by atoms with E-state index < -0.39 is 11.7 Å². The Balaban J connectivity index is 1.36. The lowest BCUT2D eigenvalue weighted by molar-refractivity contribution is -0.137. The van der Waals surface area contributed by atoms with E-state index in [0.717, 1.165) is 45.1 Å². The van der Waals surface area contributed by atoms with Crippen LogP contribution < -0.4 is 10.6 Å². The van der Waals surface area contributed by atoms with Crippen LogP contribution in [0.1, 0.15) is 33.0 Å². The summed E-state index contributed by atoms with van der Waals surface area (Å²) in [5.74, 6) is -0.210. The number of fused-ring (bicyclic) bond motifs is 5. The second-order valence-corrected chi connectivity index (χ2v) is 9.71. The first-order valence-corrected chi connectivity index (χ1v) is 11.5. The van der Waals surface area contributed by atoms with Crippen molar-refractivity contribution in [3.05, 3.63) is 101 Å². The summed E-state index contributed by atoms with van der Waals surface area (Å²) in [5.41, 5.74) is 4.47. The van der Waals surface area contributed by atoms with Gasteiger partial charge in [-0.1, -0.05) is 72.9 Å². The van der Waals surface area contributed by atoms with E-state index in [4.69, 9.17) is 12.2 Å². The Kier molecular flexibility index (Phi) is 3.80. The molecule has 3 atom stereocenters. The number of thiocarbonyl (C=S) groups is 1. The number of nitrogens with one attached hydrogen (secondary N) is 2. The molecule has 1 saturated heterocycles. The molecular formula is C27H17F3N2OS. The first-order chi connectivity index (χ1) is 16.3. The highest BCUT2D eigenvalue weighted by Gasteiger charge is 2.83. The van der Waals surface area contributed by atoms with E-state index in [9.17, 15) is 18.0 Å². The van der Waals surface area contributed by atoms with Crippen molar-refractivity contribution in [3.8, 4) is 11.1 Å². The molecule has 7 rings (SSSR count). The molecule has 0 bridgehead atoms. The van der Waals surface area contributed by atoms with Crippen LogP contribution in [0.5, 0.6) is 0 Å². The smallest absolute Gasteiger partial charge is 0.349 e. The number of alkyl halides is 3. The molecule has 2 heterocycles. The zero-order chi connectivity index (χ0) is 23.4. The van der Waals surface area contributed by atoms with Crippen LogP contribution in [0, 0.1) is 5.41 Å². The molecule has 2 aliphatic heterocycles. The van der Waals surface area contributed by atoms with Crippen molar-refractivity contribution in [2.24, 2.45) is 5.41 Å². The zero-order valence-electron chi connectivity index (χ0n) is 17.6.